The van der Waals surface area contributed by atoms with E-state index in [2.05, 4.69) is 10.4 Å². The zero-order valence-electron chi connectivity index (χ0n) is 20.9. The predicted molar refractivity (Wildman–Crippen MR) is 137 cm³/mol. The number of aromatic nitrogens is 2. The van der Waals surface area contributed by atoms with Crippen molar-refractivity contribution in [2.75, 3.05) is 32.8 Å². The molecular formula is C28H29FN4O5. The number of para-hydroxylation sites is 1. The molecule has 1 aromatic heterocycles. The number of halogens is 1. The largest absolute Gasteiger partial charge is 0.491 e. The van der Waals surface area contributed by atoms with Gasteiger partial charge in [-0.3, -0.25) is 14.4 Å². The van der Waals surface area contributed by atoms with Crippen LogP contribution in [0.4, 0.5) is 4.39 Å². The number of carbonyl (C=O) groups excluding carboxylic acids is 2. The number of rotatable bonds is 2. The number of benzene rings is 2. The normalized spacial score (nSPS) is 20.4. The van der Waals surface area contributed by atoms with Crippen LogP contribution in [0, 0.1) is 5.82 Å². The lowest BCUT2D eigenvalue weighted by molar-refractivity contribution is -0.159. The summed E-state index contributed by atoms with van der Waals surface area (Å²) in [5.41, 5.74) is -0.138. The highest BCUT2D eigenvalue weighted by Gasteiger charge is 2.44. The summed E-state index contributed by atoms with van der Waals surface area (Å²) >= 11 is 0. The van der Waals surface area contributed by atoms with E-state index < -0.39 is 22.9 Å². The van der Waals surface area contributed by atoms with Gasteiger partial charge in [0.25, 0.3) is 17.4 Å². The second kappa shape index (κ2) is 11.1. The summed E-state index contributed by atoms with van der Waals surface area (Å²) < 4.78 is 26.4. The Bertz CT molecular complexity index is 1380. The second-order valence-corrected chi connectivity index (χ2v) is 9.43. The molecule has 1 unspecified atom stereocenters. The van der Waals surface area contributed by atoms with Crippen LogP contribution in [0.25, 0.3) is 5.69 Å². The van der Waals surface area contributed by atoms with Gasteiger partial charge in [-0.15, -0.1) is 0 Å². The minimum Gasteiger partial charge on any atom is -0.491 e. The average Bonchev–Trinajstić information content (AvgIpc) is 2.94. The first kappa shape index (κ1) is 25.6. The lowest BCUT2D eigenvalue weighted by Gasteiger charge is -2.41. The molecule has 198 valence electrons. The van der Waals surface area contributed by atoms with Gasteiger partial charge in [0.1, 0.15) is 23.9 Å². The van der Waals surface area contributed by atoms with E-state index in [1.807, 2.05) is 24.3 Å². The van der Waals surface area contributed by atoms with Crippen molar-refractivity contribution in [2.45, 2.75) is 31.3 Å². The van der Waals surface area contributed by atoms with Crippen molar-refractivity contribution in [3.63, 3.8) is 0 Å². The van der Waals surface area contributed by atoms with E-state index in [0.29, 0.717) is 25.3 Å². The zero-order chi connectivity index (χ0) is 26.5. The summed E-state index contributed by atoms with van der Waals surface area (Å²) in [6.07, 6.45) is 2.81. The summed E-state index contributed by atoms with van der Waals surface area (Å²) in [4.78, 5) is 40.8. The summed E-state index contributed by atoms with van der Waals surface area (Å²) in [7, 11) is 0. The predicted octanol–water partition coefficient (Wildman–Crippen LogP) is 2.50. The highest BCUT2D eigenvalue weighted by Crippen LogP contribution is 2.28. The number of morpholine rings is 1. The van der Waals surface area contributed by atoms with E-state index in [-0.39, 0.29) is 31.3 Å². The first-order valence-corrected chi connectivity index (χ1v) is 12.7. The van der Waals surface area contributed by atoms with Crippen LogP contribution in [0.2, 0.25) is 0 Å². The number of nitrogens with zero attached hydrogens (tertiary/aromatic N) is 3. The Morgan fingerprint density at radius 3 is 2.66 bits per heavy atom. The molecule has 9 nitrogen and oxygen atoms in total. The quantitative estimate of drug-likeness (QED) is 0.557. The van der Waals surface area contributed by atoms with Gasteiger partial charge in [0.05, 0.1) is 25.4 Å². The molecule has 10 heteroatoms. The minimum absolute atomic E-state index is 0.0459. The molecule has 1 N–H and O–H groups in total. The topological polar surface area (TPSA) is 103 Å². The summed E-state index contributed by atoms with van der Waals surface area (Å²) in [6.45, 7) is 1.15. The SMILES string of the molecule is O=C(c1ccc(=O)n(-c2ccc(F)cc2)n1)N1CCOC2(CCCCc3ccccc3OCCNC2=O)C1. The zero-order valence-corrected chi connectivity index (χ0v) is 20.9. The molecule has 2 aliphatic heterocycles. The first-order valence-electron chi connectivity index (χ1n) is 12.7. The number of nitrogens with one attached hydrogen (secondary N) is 1. The van der Waals surface area contributed by atoms with Gasteiger partial charge < -0.3 is 19.7 Å². The molecule has 38 heavy (non-hydrogen) atoms. The summed E-state index contributed by atoms with van der Waals surface area (Å²) in [5.74, 6) is -0.313. The van der Waals surface area contributed by atoms with Crippen LogP contribution < -0.4 is 15.6 Å². The molecule has 0 saturated carbocycles. The van der Waals surface area contributed by atoms with Gasteiger partial charge in [0.2, 0.25) is 0 Å². The van der Waals surface area contributed by atoms with Crippen molar-refractivity contribution in [2.24, 2.45) is 0 Å². The van der Waals surface area contributed by atoms with Crippen LogP contribution in [-0.2, 0) is 16.0 Å². The minimum atomic E-state index is -1.20. The van der Waals surface area contributed by atoms with Crippen LogP contribution in [0.1, 0.15) is 35.3 Å². The molecule has 1 atom stereocenters. The number of ether oxygens (including phenoxy) is 2. The van der Waals surface area contributed by atoms with Crippen LogP contribution in [0.15, 0.2) is 65.5 Å². The van der Waals surface area contributed by atoms with Gasteiger partial charge in [-0.05, 0) is 67.6 Å². The second-order valence-electron chi connectivity index (χ2n) is 9.43. The maximum Gasteiger partial charge on any atom is 0.274 e. The fourth-order valence-corrected chi connectivity index (χ4v) is 4.88. The van der Waals surface area contributed by atoms with Crippen molar-refractivity contribution in [3.05, 3.63) is 88.1 Å². The maximum absolute atomic E-state index is 13.5. The average molecular weight is 521 g/mol. The third kappa shape index (κ3) is 5.45. The van der Waals surface area contributed by atoms with Gasteiger partial charge in [0.15, 0.2) is 5.60 Å². The number of fused-ring (bicyclic) bond motifs is 1. The Morgan fingerprint density at radius 2 is 1.82 bits per heavy atom. The molecule has 2 amide bonds. The molecule has 1 spiro atoms. The van der Waals surface area contributed by atoms with Crippen LogP contribution >= 0.6 is 0 Å². The highest BCUT2D eigenvalue weighted by atomic mass is 19.1. The molecule has 2 aliphatic rings. The Kier molecular flexibility index (Phi) is 7.50. The summed E-state index contributed by atoms with van der Waals surface area (Å²) in [6, 6.07) is 15.8. The lowest BCUT2D eigenvalue weighted by Crippen LogP contribution is -2.61. The smallest absolute Gasteiger partial charge is 0.274 e. The number of aryl methyl sites for hydroxylation is 1. The Morgan fingerprint density at radius 1 is 1.00 bits per heavy atom. The maximum atomic E-state index is 13.5. The van der Waals surface area contributed by atoms with Crippen LogP contribution in [0.3, 0.4) is 0 Å². The molecule has 3 heterocycles. The number of hydrogen-bond donors (Lipinski definition) is 1. The first-order chi connectivity index (χ1) is 18.4. The van der Waals surface area contributed by atoms with Gasteiger partial charge in [-0.1, -0.05) is 18.2 Å². The van der Waals surface area contributed by atoms with E-state index >= 15 is 0 Å². The molecule has 0 aliphatic carbocycles. The third-order valence-electron chi connectivity index (χ3n) is 6.87. The van der Waals surface area contributed by atoms with Gasteiger partial charge >= 0.3 is 0 Å². The molecular weight excluding hydrogens is 491 g/mol. The lowest BCUT2D eigenvalue weighted by atomic mass is 9.91. The van der Waals surface area contributed by atoms with E-state index in [1.54, 1.807) is 4.90 Å². The Balaban J connectivity index is 1.35. The van der Waals surface area contributed by atoms with Crippen LogP contribution in [-0.4, -0.2) is 64.9 Å². The number of hydrogen-bond acceptors (Lipinski definition) is 6. The van der Waals surface area contributed by atoms with E-state index in [4.69, 9.17) is 9.47 Å². The van der Waals surface area contributed by atoms with E-state index in [9.17, 15) is 18.8 Å². The third-order valence-corrected chi connectivity index (χ3v) is 6.87. The molecule has 1 fully saturated rings. The standard InChI is InChI=1S/C28H29FN4O5/c29-21-8-10-22(11-9-21)33-25(34)13-12-23(31-33)26(35)32-16-18-38-28(19-32)14-4-3-6-20-5-1-2-7-24(20)37-17-15-30-27(28)36/h1-2,5,7-13H,3-4,6,14-19H2,(H,30,36). The highest BCUT2D eigenvalue weighted by molar-refractivity contribution is 5.93. The van der Waals surface area contributed by atoms with E-state index in [1.165, 1.54) is 36.4 Å². The molecule has 0 radical (unpaired) electrons. The van der Waals surface area contributed by atoms with E-state index in [0.717, 1.165) is 35.3 Å². The van der Waals surface area contributed by atoms with Gasteiger partial charge in [-0.25, -0.2) is 4.39 Å². The van der Waals surface area contributed by atoms with Crippen LogP contribution in [0.5, 0.6) is 5.75 Å². The number of carbonyl (C=O) groups is 2. The Labute approximate surface area is 219 Å². The van der Waals surface area contributed by atoms with Crippen molar-refractivity contribution >= 4 is 11.8 Å². The molecule has 2 aromatic carbocycles. The monoisotopic (exact) mass is 520 g/mol. The van der Waals surface area contributed by atoms with Crippen molar-refractivity contribution < 1.29 is 23.5 Å². The van der Waals surface area contributed by atoms with Crippen molar-refractivity contribution in [1.82, 2.24) is 20.0 Å². The fourth-order valence-electron chi connectivity index (χ4n) is 4.88. The van der Waals surface area contributed by atoms with Gasteiger partial charge in [-0.2, -0.15) is 9.78 Å². The molecule has 0 bridgehead atoms. The van der Waals surface area contributed by atoms with Gasteiger partial charge in [0, 0.05) is 12.6 Å². The molecule has 1 saturated heterocycles. The number of amides is 2. The Hall–Kier alpha value is -4.05. The molecule has 5 rings (SSSR count). The van der Waals surface area contributed by atoms with Crippen molar-refractivity contribution in [3.8, 4) is 11.4 Å². The summed E-state index contributed by atoms with van der Waals surface area (Å²) in [5, 5.41) is 7.15. The van der Waals surface area contributed by atoms with Crippen molar-refractivity contribution in [1.29, 1.82) is 0 Å². The fraction of sp³-hybridized carbons (Fsp3) is 0.357. The molecule has 3 aromatic rings.